The number of aromatic nitrogens is 2. The first-order chi connectivity index (χ1) is 7.56. The van der Waals surface area contributed by atoms with Crippen molar-refractivity contribution in [2.24, 2.45) is 5.92 Å². The summed E-state index contributed by atoms with van der Waals surface area (Å²) in [6.07, 6.45) is 5.96. The standard InChI is InChI=1S/C13H23N3/c1-9(2)7-11(4)16-8-10(3)14-13(16)15-12-5-6-12/h8-9,11-12H,5-7H2,1-4H3,(H,14,15). The number of anilines is 1. The highest BCUT2D eigenvalue weighted by molar-refractivity contribution is 5.32. The number of nitrogens with zero attached hydrogens (tertiary/aromatic N) is 2. The van der Waals surface area contributed by atoms with E-state index in [1.807, 2.05) is 0 Å². The van der Waals surface area contributed by atoms with Gasteiger partial charge in [-0.1, -0.05) is 13.8 Å². The zero-order valence-electron chi connectivity index (χ0n) is 10.8. The molecule has 0 saturated heterocycles. The molecule has 1 heterocycles. The molecule has 1 saturated carbocycles. The average Bonchev–Trinajstić information content (AvgIpc) is 2.88. The van der Waals surface area contributed by atoms with Crippen LogP contribution in [0.4, 0.5) is 5.95 Å². The van der Waals surface area contributed by atoms with E-state index in [0.29, 0.717) is 12.1 Å². The number of rotatable bonds is 5. The van der Waals surface area contributed by atoms with Gasteiger partial charge < -0.3 is 9.88 Å². The van der Waals surface area contributed by atoms with Gasteiger partial charge in [0, 0.05) is 18.3 Å². The average molecular weight is 221 g/mol. The van der Waals surface area contributed by atoms with Crippen LogP contribution in [0.25, 0.3) is 0 Å². The molecule has 1 unspecified atom stereocenters. The molecule has 3 heteroatoms. The van der Waals surface area contributed by atoms with Gasteiger partial charge in [-0.05, 0) is 39.0 Å². The van der Waals surface area contributed by atoms with Crippen LogP contribution >= 0.6 is 0 Å². The summed E-state index contributed by atoms with van der Waals surface area (Å²) in [5.74, 6) is 1.79. The Hall–Kier alpha value is -0.990. The normalized spacial score (nSPS) is 17.8. The lowest BCUT2D eigenvalue weighted by Gasteiger charge is -2.18. The summed E-state index contributed by atoms with van der Waals surface area (Å²) in [6, 6.07) is 1.20. The van der Waals surface area contributed by atoms with E-state index in [2.05, 4.69) is 48.8 Å². The predicted octanol–water partition coefficient (Wildman–Crippen LogP) is 3.37. The Morgan fingerprint density at radius 3 is 2.69 bits per heavy atom. The molecule has 1 aliphatic rings. The second kappa shape index (κ2) is 4.48. The molecule has 1 aromatic rings. The van der Waals surface area contributed by atoms with E-state index in [1.165, 1.54) is 19.3 Å². The van der Waals surface area contributed by atoms with Crippen LogP contribution in [0.5, 0.6) is 0 Å². The van der Waals surface area contributed by atoms with Crippen LogP contribution < -0.4 is 5.32 Å². The SMILES string of the molecule is Cc1cn(C(C)CC(C)C)c(NC2CC2)n1. The van der Waals surface area contributed by atoms with Crippen molar-refractivity contribution in [2.45, 2.75) is 59.0 Å². The zero-order valence-corrected chi connectivity index (χ0v) is 10.8. The lowest BCUT2D eigenvalue weighted by molar-refractivity contribution is 0.430. The minimum atomic E-state index is 0.530. The minimum absolute atomic E-state index is 0.530. The highest BCUT2D eigenvalue weighted by Gasteiger charge is 2.24. The molecule has 1 aliphatic carbocycles. The summed E-state index contributed by atoms with van der Waals surface area (Å²) < 4.78 is 2.30. The highest BCUT2D eigenvalue weighted by Crippen LogP contribution is 2.27. The Morgan fingerprint density at radius 2 is 2.12 bits per heavy atom. The molecule has 0 aliphatic heterocycles. The smallest absolute Gasteiger partial charge is 0.203 e. The molecule has 0 spiro atoms. The van der Waals surface area contributed by atoms with Gasteiger partial charge in [0.25, 0.3) is 0 Å². The van der Waals surface area contributed by atoms with Gasteiger partial charge >= 0.3 is 0 Å². The van der Waals surface area contributed by atoms with Crippen LogP contribution in [0.15, 0.2) is 6.20 Å². The summed E-state index contributed by atoms with van der Waals surface area (Å²) in [6.45, 7) is 8.89. The van der Waals surface area contributed by atoms with E-state index >= 15 is 0 Å². The van der Waals surface area contributed by atoms with E-state index in [0.717, 1.165) is 17.6 Å². The third kappa shape index (κ3) is 2.77. The fourth-order valence-electron chi connectivity index (χ4n) is 2.16. The van der Waals surface area contributed by atoms with Gasteiger partial charge in [0.05, 0.1) is 5.69 Å². The third-order valence-electron chi connectivity index (χ3n) is 3.05. The quantitative estimate of drug-likeness (QED) is 0.826. The van der Waals surface area contributed by atoms with E-state index in [1.54, 1.807) is 0 Å². The number of aryl methyl sites for hydroxylation is 1. The highest BCUT2D eigenvalue weighted by atomic mass is 15.2. The number of hydrogen-bond acceptors (Lipinski definition) is 2. The summed E-state index contributed by atoms with van der Waals surface area (Å²) >= 11 is 0. The molecule has 1 N–H and O–H groups in total. The summed E-state index contributed by atoms with van der Waals surface area (Å²) in [5.41, 5.74) is 1.11. The molecule has 16 heavy (non-hydrogen) atoms. The van der Waals surface area contributed by atoms with Crippen molar-refractivity contribution in [1.29, 1.82) is 0 Å². The molecule has 1 atom stereocenters. The second-order valence-corrected chi connectivity index (χ2v) is 5.51. The Balaban J connectivity index is 2.10. The lowest BCUT2D eigenvalue weighted by Crippen LogP contribution is -2.13. The molecule has 1 fully saturated rings. The Morgan fingerprint density at radius 1 is 1.44 bits per heavy atom. The van der Waals surface area contributed by atoms with Gasteiger partial charge in [0.1, 0.15) is 0 Å². The maximum atomic E-state index is 4.57. The summed E-state index contributed by atoms with van der Waals surface area (Å²) in [4.78, 5) is 4.57. The largest absolute Gasteiger partial charge is 0.353 e. The van der Waals surface area contributed by atoms with Crippen LogP contribution in [0.1, 0.15) is 51.8 Å². The van der Waals surface area contributed by atoms with Gasteiger partial charge in [0.15, 0.2) is 0 Å². The van der Waals surface area contributed by atoms with Crippen molar-refractivity contribution in [2.75, 3.05) is 5.32 Å². The first-order valence-corrected chi connectivity index (χ1v) is 6.38. The molecule has 0 aromatic carbocycles. The minimum Gasteiger partial charge on any atom is -0.353 e. The Kier molecular flexibility index (Phi) is 3.22. The van der Waals surface area contributed by atoms with Crippen LogP contribution in [0, 0.1) is 12.8 Å². The first-order valence-electron chi connectivity index (χ1n) is 6.38. The molecule has 1 aromatic heterocycles. The molecule has 0 radical (unpaired) electrons. The molecule has 2 rings (SSSR count). The number of nitrogens with one attached hydrogen (secondary N) is 1. The van der Waals surface area contributed by atoms with Crippen molar-refractivity contribution >= 4 is 5.95 Å². The fraction of sp³-hybridized carbons (Fsp3) is 0.769. The topological polar surface area (TPSA) is 29.9 Å². The van der Waals surface area contributed by atoms with Gasteiger partial charge in [0.2, 0.25) is 5.95 Å². The Bertz CT molecular complexity index is 350. The van der Waals surface area contributed by atoms with Crippen molar-refractivity contribution in [3.8, 4) is 0 Å². The molecule has 0 amide bonds. The predicted molar refractivity (Wildman–Crippen MR) is 67.8 cm³/mol. The third-order valence-corrected chi connectivity index (χ3v) is 3.05. The van der Waals surface area contributed by atoms with Crippen molar-refractivity contribution < 1.29 is 0 Å². The maximum absolute atomic E-state index is 4.57. The molecular weight excluding hydrogens is 198 g/mol. The van der Waals surface area contributed by atoms with Crippen molar-refractivity contribution in [3.05, 3.63) is 11.9 Å². The van der Waals surface area contributed by atoms with Crippen LogP contribution in [0.3, 0.4) is 0 Å². The van der Waals surface area contributed by atoms with Gasteiger partial charge in [-0.25, -0.2) is 4.98 Å². The monoisotopic (exact) mass is 221 g/mol. The van der Waals surface area contributed by atoms with E-state index in [9.17, 15) is 0 Å². The number of imidazole rings is 1. The summed E-state index contributed by atoms with van der Waals surface area (Å²) in [7, 11) is 0. The number of hydrogen-bond donors (Lipinski definition) is 1. The van der Waals surface area contributed by atoms with Crippen molar-refractivity contribution in [1.82, 2.24) is 9.55 Å². The Labute approximate surface area is 98.3 Å². The molecular formula is C13H23N3. The molecule has 90 valence electrons. The first kappa shape index (κ1) is 11.5. The second-order valence-electron chi connectivity index (χ2n) is 5.51. The van der Waals surface area contributed by atoms with E-state index in [4.69, 9.17) is 0 Å². The molecule has 0 bridgehead atoms. The fourth-order valence-corrected chi connectivity index (χ4v) is 2.16. The molecule has 3 nitrogen and oxygen atoms in total. The zero-order chi connectivity index (χ0) is 11.7. The lowest BCUT2D eigenvalue weighted by atomic mass is 10.1. The maximum Gasteiger partial charge on any atom is 0.203 e. The van der Waals surface area contributed by atoms with Crippen LogP contribution in [0.2, 0.25) is 0 Å². The van der Waals surface area contributed by atoms with Crippen molar-refractivity contribution in [3.63, 3.8) is 0 Å². The van der Waals surface area contributed by atoms with E-state index in [-0.39, 0.29) is 0 Å². The summed E-state index contributed by atoms with van der Waals surface area (Å²) in [5, 5.41) is 3.51. The van der Waals surface area contributed by atoms with Crippen LogP contribution in [-0.2, 0) is 0 Å². The van der Waals surface area contributed by atoms with E-state index < -0.39 is 0 Å². The van der Waals surface area contributed by atoms with Gasteiger partial charge in [-0.3, -0.25) is 0 Å². The van der Waals surface area contributed by atoms with Gasteiger partial charge in [-0.15, -0.1) is 0 Å². The van der Waals surface area contributed by atoms with Crippen LogP contribution in [-0.4, -0.2) is 15.6 Å². The van der Waals surface area contributed by atoms with Gasteiger partial charge in [-0.2, -0.15) is 0 Å².